The number of carbonyl (C=O) groups is 2. The monoisotopic (exact) mass is 579 g/mol. The molecule has 4 aliphatic rings. The minimum absolute atomic E-state index is 0.0530. The van der Waals surface area contributed by atoms with Gasteiger partial charge in [-0.3, -0.25) is 4.79 Å². The molecule has 234 valence electrons. The summed E-state index contributed by atoms with van der Waals surface area (Å²) in [5.74, 6) is 3.85. The molecule has 0 unspecified atom stereocenters. The summed E-state index contributed by atoms with van der Waals surface area (Å²) in [6, 6.07) is 9.16. The van der Waals surface area contributed by atoms with E-state index in [0.29, 0.717) is 41.4 Å². The summed E-state index contributed by atoms with van der Waals surface area (Å²) in [5, 5.41) is 13.4. The largest absolute Gasteiger partial charge is 0.458 e. The second-order valence-electron chi connectivity index (χ2n) is 16.2. The smallest absolute Gasteiger partial charge is 0.329 e. The standard InChI is InChI=1S/C37H57NO4/c1-24(12-17-33(40)38-32(34(41)42-35(2,3)4)22-25-10-8-7-9-11-25)29-15-16-30-28-14-13-26-23-27(39)18-20-36(26,5)31(28)19-21-37(29,30)6/h7-11,24,26-32,39H,12-23H2,1-6H3,(H,38,40)/t24-,26-,27-,28+,29-,30+,31+,32+,36+,37-/m1/s1. The number of aliphatic hydroxyl groups excluding tert-OH is 1. The summed E-state index contributed by atoms with van der Waals surface area (Å²) >= 11 is 0. The fourth-order valence-corrected chi connectivity index (χ4v) is 10.5. The molecule has 1 aromatic carbocycles. The van der Waals surface area contributed by atoms with Crippen molar-refractivity contribution in [1.29, 1.82) is 0 Å². The molecular formula is C37H57NO4. The molecule has 42 heavy (non-hydrogen) atoms. The number of fused-ring (bicyclic) bond motifs is 5. The van der Waals surface area contributed by atoms with Gasteiger partial charge in [-0.05, 0) is 137 Å². The van der Waals surface area contributed by atoms with Crippen LogP contribution in [0, 0.1) is 46.3 Å². The molecule has 0 radical (unpaired) electrons. The van der Waals surface area contributed by atoms with Crippen LogP contribution in [0.2, 0.25) is 0 Å². The van der Waals surface area contributed by atoms with Gasteiger partial charge in [0.2, 0.25) is 5.91 Å². The van der Waals surface area contributed by atoms with E-state index in [0.717, 1.165) is 42.6 Å². The van der Waals surface area contributed by atoms with Gasteiger partial charge in [0.15, 0.2) is 0 Å². The van der Waals surface area contributed by atoms with Gasteiger partial charge in [0.1, 0.15) is 11.6 Å². The number of nitrogens with one attached hydrogen (secondary N) is 1. The number of ether oxygens (including phenoxy) is 1. The van der Waals surface area contributed by atoms with Crippen LogP contribution in [0.3, 0.4) is 0 Å². The van der Waals surface area contributed by atoms with Gasteiger partial charge >= 0.3 is 5.97 Å². The Kier molecular flexibility index (Phi) is 9.20. The zero-order chi connectivity index (χ0) is 30.3. The Bertz CT molecular complexity index is 1100. The quantitative estimate of drug-likeness (QED) is 0.313. The number of amides is 1. The summed E-state index contributed by atoms with van der Waals surface area (Å²) in [6.07, 6.45) is 12.7. The van der Waals surface area contributed by atoms with Gasteiger partial charge in [0, 0.05) is 12.8 Å². The highest BCUT2D eigenvalue weighted by Crippen LogP contribution is 2.68. The molecule has 4 fully saturated rings. The third-order valence-corrected chi connectivity index (χ3v) is 12.5. The van der Waals surface area contributed by atoms with Crippen molar-refractivity contribution in [2.75, 3.05) is 0 Å². The van der Waals surface area contributed by atoms with Gasteiger partial charge in [-0.15, -0.1) is 0 Å². The van der Waals surface area contributed by atoms with Gasteiger partial charge in [-0.1, -0.05) is 51.1 Å². The lowest BCUT2D eigenvalue weighted by atomic mass is 9.44. The van der Waals surface area contributed by atoms with Crippen molar-refractivity contribution in [3.8, 4) is 0 Å². The molecule has 5 heteroatoms. The molecule has 5 rings (SSSR count). The number of esters is 1. The predicted octanol–water partition coefficient (Wildman–Crippen LogP) is 7.49. The number of hydrogen-bond donors (Lipinski definition) is 2. The SMILES string of the molecule is C[C@H](CCC(=O)N[C@@H](Cc1ccccc1)C(=O)OC(C)(C)C)[C@H]1CC[C@H]2[C@@H]3CC[C@@H]4C[C@H](O)CC[C@]4(C)[C@H]3CC[C@]12C. The maximum absolute atomic E-state index is 13.2. The Morgan fingerprint density at radius 3 is 2.38 bits per heavy atom. The zero-order valence-electron chi connectivity index (χ0n) is 27.2. The minimum atomic E-state index is -0.685. The lowest BCUT2D eigenvalue weighted by molar-refractivity contribution is -0.158. The third kappa shape index (κ3) is 6.47. The molecule has 5 nitrogen and oxygen atoms in total. The summed E-state index contributed by atoms with van der Waals surface area (Å²) < 4.78 is 5.67. The van der Waals surface area contributed by atoms with Crippen LogP contribution >= 0.6 is 0 Å². The third-order valence-electron chi connectivity index (χ3n) is 12.5. The van der Waals surface area contributed by atoms with E-state index in [4.69, 9.17) is 4.74 Å². The average molecular weight is 580 g/mol. The average Bonchev–Trinajstić information content (AvgIpc) is 3.29. The maximum atomic E-state index is 13.2. The van der Waals surface area contributed by atoms with E-state index < -0.39 is 11.6 Å². The predicted molar refractivity (Wildman–Crippen MR) is 168 cm³/mol. The second kappa shape index (κ2) is 12.3. The first-order valence-electron chi connectivity index (χ1n) is 17.0. The van der Waals surface area contributed by atoms with Crippen molar-refractivity contribution >= 4 is 11.9 Å². The number of rotatable bonds is 8. The highest BCUT2D eigenvalue weighted by Gasteiger charge is 2.60. The van der Waals surface area contributed by atoms with Gasteiger partial charge < -0.3 is 15.2 Å². The molecule has 0 saturated heterocycles. The van der Waals surface area contributed by atoms with Crippen LogP contribution in [0.15, 0.2) is 30.3 Å². The van der Waals surface area contributed by atoms with Crippen molar-refractivity contribution in [1.82, 2.24) is 5.32 Å². The molecule has 4 aliphatic carbocycles. The summed E-state index contributed by atoms with van der Waals surface area (Å²) in [6.45, 7) is 13.1. The Morgan fingerprint density at radius 2 is 1.67 bits per heavy atom. The lowest BCUT2D eigenvalue weighted by Crippen LogP contribution is -2.54. The van der Waals surface area contributed by atoms with E-state index in [-0.39, 0.29) is 18.0 Å². The Morgan fingerprint density at radius 1 is 0.976 bits per heavy atom. The van der Waals surface area contributed by atoms with E-state index in [1.54, 1.807) is 0 Å². The highest BCUT2D eigenvalue weighted by atomic mass is 16.6. The zero-order valence-corrected chi connectivity index (χ0v) is 27.2. The first-order chi connectivity index (χ1) is 19.8. The molecule has 4 saturated carbocycles. The molecule has 2 N–H and O–H groups in total. The van der Waals surface area contributed by atoms with Crippen LogP contribution in [0.1, 0.15) is 118 Å². The van der Waals surface area contributed by atoms with E-state index in [1.165, 1.54) is 44.9 Å². The Balaban J connectivity index is 1.19. The number of hydrogen-bond acceptors (Lipinski definition) is 4. The summed E-state index contributed by atoms with van der Waals surface area (Å²) in [4.78, 5) is 26.3. The van der Waals surface area contributed by atoms with Crippen molar-refractivity contribution < 1.29 is 19.4 Å². The Labute approximate surface area is 255 Å². The fourth-order valence-electron chi connectivity index (χ4n) is 10.5. The molecule has 0 bridgehead atoms. The minimum Gasteiger partial charge on any atom is -0.458 e. The van der Waals surface area contributed by atoms with Crippen LogP contribution in [0.5, 0.6) is 0 Å². The van der Waals surface area contributed by atoms with Crippen LogP contribution in [0.4, 0.5) is 0 Å². The van der Waals surface area contributed by atoms with Crippen molar-refractivity contribution in [3.05, 3.63) is 35.9 Å². The van der Waals surface area contributed by atoms with Gasteiger partial charge in [0.25, 0.3) is 0 Å². The highest BCUT2D eigenvalue weighted by molar-refractivity contribution is 5.84. The topological polar surface area (TPSA) is 75.6 Å². The lowest BCUT2D eigenvalue weighted by Gasteiger charge is -2.61. The number of benzene rings is 1. The van der Waals surface area contributed by atoms with Crippen molar-refractivity contribution in [2.24, 2.45) is 46.3 Å². The first kappa shape index (κ1) is 31.5. The van der Waals surface area contributed by atoms with Crippen LogP contribution in [-0.4, -0.2) is 34.7 Å². The van der Waals surface area contributed by atoms with Crippen molar-refractivity contribution in [3.63, 3.8) is 0 Å². The molecule has 0 spiro atoms. The van der Waals surface area contributed by atoms with Crippen molar-refractivity contribution in [2.45, 2.75) is 136 Å². The normalized spacial score (nSPS) is 37.5. The fraction of sp³-hybridized carbons (Fsp3) is 0.784. The summed E-state index contributed by atoms with van der Waals surface area (Å²) in [7, 11) is 0. The van der Waals surface area contributed by atoms with Crippen LogP contribution < -0.4 is 5.32 Å². The molecule has 1 aromatic rings. The second-order valence-corrected chi connectivity index (χ2v) is 16.2. The number of carbonyl (C=O) groups excluding carboxylic acids is 2. The van der Waals surface area contributed by atoms with E-state index in [9.17, 15) is 14.7 Å². The molecule has 0 aromatic heterocycles. The van der Waals surface area contributed by atoms with Gasteiger partial charge in [0.05, 0.1) is 6.10 Å². The maximum Gasteiger partial charge on any atom is 0.329 e. The van der Waals surface area contributed by atoms with E-state index in [2.05, 4.69) is 26.1 Å². The van der Waals surface area contributed by atoms with Gasteiger partial charge in [-0.2, -0.15) is 0 Å². The molecule has 1 amide bonds. The van der Waals surface area contributed by atoms with Gasteiger partial charge in [-0.25, -0.2) is 4.79 Å². The first-order valence-corrected chi connectivity index (χ1v) is 17.0. The molecule has 0 heterocycles. The molecule has 10 atom stereocenters. The summed E-state index contributed by atoms with van der Waals surface area (Å²) in [5.41, 5.74) is 1.18. The number of aliphatic hydroxyl groups is 1. The van der Waals surface area contributed by atoms with E-state index >= 15 is 0 Å². The van der Waals surface area contributed by atoms with Crippen LogP contribution in [0.25, 0.3) is 0 Å². The molecular weight excluding hydrogens is 522 g/mol. The Hall–Kier alpha value is -1.88. The van der Waals surface area contributed by atoms with E-state index in [1.807, 2.05) is 51.1 Å². The molecule has 0 aliphatic heterocycles. The van der Waals surface area contributed by atoms with Crippen LogP contribution in [-0.2, 0) is 20.7 Å².